The van der Waals surface area contributed by atoms with Crippen LogP contribution in [-0.4, -0.2) is 50.1 Å². The first-order valence-corrected chi connectivity index (χ1v) is 11.9. The monoisotopic (exact) mass is 552 g/mol. The van der Waals surface area contributed by atoms with Crippen molar-refractivity contribution in [2.24, 2.45) is 0 Å². The number of aromatic carboxylic acids is 4. The Balaban J connectivity index is 1.73. The van der Waals surface area contributed by atoms with Gasteiger partial charge in [0.15, 0.2) is 5.78 Å². The molecule has 0 aliphatic rings. The lowest BCUT2D eigenvalue weighted by molar-refractivity contribution is 0.0651. The van der Waals surface area contributed by atoms with E-state index in [1.165, 1.54) is 24.3 Å². The van der Waals surface area contributed by atoms with E-state index in [4.69, 9.17) is 4.74 Å². The molecule has 0 aliphatic carbocycles. The largest absolute Gasteiger partial charge is 0.478 e. The third kappa shape index (κ3) is 6.35. The van der Waals surface area contributed by atoms with E-state index in [0.717, 1.165) is 24.3 Å². The lowest BCUT2D eigenvalue weighted by Crippen LogP contribution is -2.10. The van der Waals surface area contributed by atoms with Crippen molar-refractivity contribution in [3.05, 3.63) is 124 Å². The maximum absolute atomic E-state index is 12.3. The summed E-state index contributed by atoms with van der Waals surface area (Å²) in [5.41, 5.74) is -0.911. The average molecular weight is 552 g/mol. The molecule has 4 rings (SSSR count). The van der Waals surface area contributed by atoms with E-state index in [2.05, 4.69) is 0 Å². The van der Waals surface area contributed by atoms with Crippen LogP contribution in [0.2, 0.25) is 0 Å². The quantitative estimate of drug-likeness (QED) is 0.138. The third-order valence-electron chi connectivity index (χ3n) is 5.97. The van der Waals surface area contributed by atoms with Gasteiger partial charge in [-0.3, -0.25) is 4.79 Å². The zero-order valence-electron chi connectivity index (χ0n) is 21.0. The van der Waals surface area contributed by atoms with Crippen LogP contribution in [0.25, 0.3) is 17.2 Å². The zero-order valence-corrected chi connectivity index (χ0v) is 21.0. The molecule has 4 aromatic rings. The molecule has 0 radical (unpaired) electrons. The molecule has 0 aromatic heterocycles. The number of hydrogen-bond donors (Lipinski definition) is 4. The van der Waals surface area contributed by atoms with E-state index in [0.29, 0.717) is 11.1 Å². The number of allylic oxidation sites excluding steroid dienone is 1. The summed E-state index contributed by atoms with van der Waals surface area (Å²) >= 11 is 0. The van der Waals surface area contributed by atoms with E-state index in [1.54, 1.807) is 48.5 Å². The minimum Gasteiger partial charge on any atom is -0.478 e. The number of carboxylic acids is 4. The third-order valence-corrected chi connectivity index (χ3v) is 5.97. The van der Waals surface area contributed by atoms with Crippen molar-refractivity contribution >= 4 is 35.7 Å². The number of ketones is 1. The van der Waals surface area contributed by atoms with E-state index < -0.39 is 46.1 Å². The Morgan fingerprint density at radius 2 is 1.15 bits per heavy atom. The highest BCUT2D eigenvalue weighted by Crippen LogP contribution is 2.37. The molecule has 0 unspecified atom stereocenters. The summed E-state index contributed by atoms with van der Waals surface area (Å²) in [6.45, 7) is 0. The van der Waals surface area contributed by atoms with Gasteiger partial charge in [-0.1, -0.05) is 54.6 Å². The van der Waals surface area contributed by atoms with Crippen LogP contribution in [0.5, 0.6) is 11.5 Å². The number of ether oxygens (including phenoxy) is 1. The van der Waals surface area contributed by atoms with Gasteiger partial charge in [0.05, 0.1) is 22.3 Å². The molecule has 0 atom stereocenters. The summed E-state index contributed by atoms with van der Waals surface area (Å²) in [6.07, 6.45) is 3.01. The van der Waals surface area contributed by atoms with Crippen molar-refractivity contribution in [3.63, 3.8) is 0 Å². The van der Waals surface area contributed by atoms with Gasteiger partial charge in [0.1, 0.15) is 11.5 Å². The maximum atomic E-state index is 12.3. The molecule has 0 amide bonds. The molecule has 204 valence electrons. The molecule has 0 fully saturated rings. The lowest BCUT2D eigenvalue weighted by atomic mass is 9.94. The van der Waals surface area contributed by atoms with Crippen LogP contribution >= 0.6 is 0 Å². The van der Waals surface area contributed by atoms with Gasteiger partial charge in [0, 0.05) is 11.1 Å². The molecule has 0 bridgehead atoms. The lowest BCUT2D eigenvalue weighted by Gasteiger charge is -2.15. The normalized spacial score (nSPS) is 10.7. The Kier molecular flexibility index (Phi) is 8.05. The maximum Gasteiger partial charge on any atom is 0.336 e. The van der Waals surface area contributed by atoms with Gasteiger partial charge in [0.2, 0.25) is 0 Å². The summed E-state index contributed by atoms with van der Waals surface area (Å²) in [5.74, 6) is -6.16. The fraction of sp³-hybridized carbons (Fsp3) is 0. The summed E-state index contributed by atoms with van der Waals surface area (Å²) < 4.78 is 5.91. The predicted molar refractivity (Wildman–Crippen MR) is 146 cm³/mol. The highest BCUT2D eigenvalue weighted by molar-refractivity contribution is 6.07. The minimum atomic E-state index is -1.54. The molecule has 4 aromatic carbocycles. The Bertz CT molecular complexity index is 1720. The molecule has 0 saturated heterocycles. The molecule has 0 heterocycles. The smallest absolute Gasteiger partial charge is 0.336 e. The van der Waals surface area contributed by atoms with Crippen molar-refractivity contribution < 1.29 is 49.1 Å². The summed E-state index contributed by atoms with van der Waals surface area (Å²) in [6, 6.07) is 20.4. The number of carbonyl (C=O) groups is 5. The Hall–Kier alpha value is -6.03. The SMILES string of the molecule is O=C(C=Cc1ccc(Oc2cc(C(=O)O)c(C(=O)O)cc2-c2ccc(C(=O)O)c(C(=O)O)c2)cc1)c1ccccc1. The highest BCUT2D eigenvalue weighted by atomic mass is 16.5. The van der Waals surface area contributed by atoms with E-state index >= 15 is 0 Å². The fourth-order valence-electron chi connectivity index (χ4n) is 3.96. The van der Waals surface area contributed by atoms with Crippen LogP contribution in [0.4, 0.5) is 0 Å². The first-order valence-electron chi connectivity index (χ1n) is 11.9. The number of carbonyl (C=O) groups excluding carboxylic acids is 1. The average Bonchev–Trinajstić information content (AvgIpc) is 2.96. The first-order chi connectivity index (χ1) is 19.5. The topological polar surface area (TPSA) is 176 Å². The van der Waals surface area contributed by atoms with E-state index in [9.17, 15) is 44.4 Å². The van der Waals surface area contributed by atoms with Crippen molar-refractivity contribution in [1.29, 1.82) is 0 Å². The van der Waals surface area contributed by atoms with Gasteiger partial charge in [-0.15, -0.1) is 0 Å². The van der Waals surface area contributed by atoms with Crippen LogP contribution in [-0.2, 0) is 0 Å². The molecule has 0 aliphatic heterocycles. The number of carboxylic acid groups (broad SMARTS) is 4. The highest BCUT2D eigenvalue weighted by Gasteiger charge is 2.23. The molecular weight excluding hydrogens is 532 g/mol. The molecule has 0 saturated carbocycles. The Morgan fingerprint density at radius 1 is 0.585 bits per heavy atom. The van der Waals surface area contributed by atoms with Crippen LogP contribution in [0.15, 0.2) is 91.0 Å². The fourth-order valence-corrected chi connectivity index (χ4v) is 3.96. The number of rotatable bonds is 10. The predicted octanol–water partition coefficient (Wildman–Crippen LogP) is 5.83. The van der Waals surface area contributed by atoms with Crippen LogP contribution in [0, 0.1) is 0 Å². The zero-order chi connectivity index (χ0) is 29.7. The Labute approximate surface area is 232 Å². The molecular formula is C31H20O10. The first kappa shape index (κ1) is 28.0. The second kappa shape index (κ2) is 11.8. The van der Waals surface area contributed by atoms with E-state index in [1.807, 2.05) is 0 Å². The standard InChI is InChI=1S/C31H20O10/c32-26(18-4-2-1-3-5-18)13-8-17-6-10-20(11-7-17)41-27-16-25(31(39)40)24(30(37)38)15-22(27)19-9-12-21(28(33)34)23(14-19)29(35)36/h1-16H,(H,33,34)(H,35,36)(H,37,38)(H,39,40). The molecule has 10 nitrogen and oxygen atoms in total. The number of benzene rings is 4. The second-order valence-electron chi connectivity index (χ2n) is 8.61. The molecule has 10 heteroatoms. The van der Waals surface area contributed by atoms with Crippen molar-refractivity contribution in [3.8, 4) is 22.6 Å². The summed E-state index contributed by atoms with van der Waals surface area (Å²) in [5, 5.41) is 38.1. The number of hydrogen-bond acceptors (Lipinski definition) is 6. The summed E-state index contributed by atoms with van der Waals surface area (Å²) in [4.78, 5) is 59.2. The minimum absolute atomic E-state index is 0.0178. The van der Waals surface area contributed by atoms with Crippen LogP contribution in [0.1, 0.15) is 57.4 Å². The second-order valence-corrected chi connectivity index (χ2v) is 8.61. The molecule has 0 spiro atoms. The van der Waals surface area contributed by atoms with Crippen LogP contribution < -0.4 is 4.74 Å². The Morgan fingerprint density at radius 3 is 1.73 bits per heavy atom. The van der Waals surface area contributed by atoms with Gasteiger partial charge in [0.25, 0.3) is 0 Å². The van der Waals surface area contributed by atoms with Crippen molar-refractivity contribution in [1.82, 2.24) is 0 Å². The summed E-state index contributed by atoms with van der Waals surface area (Å²) in [7, 11) is 0. The van der Waals surface area contributed by atoms with Crippen molar-refractivity contribution in [2.45, 2.75) is 0 Å². The molecule has 41 heavy (non-hydrogen) atoms. The van der Waals surface area contributed by atoms with Crippen molar-refractivity contribution in [2.75, 3.05) is 0 Å². The van der Waals surface area contributed by atoms with Crippen LogP contribution in [0.3, 0.4) is 0 Å². The molecule has 4 N–H and O–H groups in total. The van der Waals surface area contributed by atoms with E-state index in [-0.39, 0.29) is 28.4 Å². The van der Waals surface area contributed by atoms with Gasteiger partial charge in [-0.25, -0.2) is 19.2 Å². The van der Waals surface area contributed by atoms with Gasteiger partial charge in [-0.2, -0.15) is 0 Å². The van der Waals surface area contributed by atoms with Gasteiger partial charge >= 0.3 is 23.9 Å². The van der Waals surface area contributed by atoms with Gasteiger partial charge < -0.3 is 25.2 Å². The van der Waals surface area contributed by atoms with Gasteiger partial charge in [-0.05, 0) is 53.6 Å².